The van der Waals surface area contributed by atoms with Gasteiger partial charge in [-0.15, -0.1) is 0 Å². The fourth-order valence-electron chi connectivity index (χ4n) is 2.74. The number of fused-ring (bicyclic) bond motifs is 1. The van der Waals surface area contributed by atoms with Gasteiger partial charge in [0.15, 0.2) is 10.8 Å². The fraction of sp³-hybridized carbons (Fsp3) is 0.294. The molecule has 1 aromatic carbocycles. The number of rotatable bonds is 5. The van der Waals surface area contributed by atoms with Crippen molar-refractivity contribution in [2.75, 3.05) is 11.9 Å². The molecule has 0 unspecified atom stereocenters. The molecule has 0 fully saturated rings. The van der Waals surface area contributed by atoms with Crippen LogP contribution in [-0.4, -0.2) is 31.5 Å². The second-order valence-corrected chi connectivity index (χ2v) is 6.31. The van der Waals surface area contributed by atoms with Crippen LogP contribution in [-0.2, 0) is 7.05 Å². The molecule has 0 aliphatic carbocycles. The van der Waals surface area contributed by atoms with Crippen molar-refractivity contribution in [3.8, 4) is 17.1 Å². The molecule has 0 saturated heterocycles. The number of thiocarbonyl (C=S) groups is 1. The summed E-state index contributed by atoms with van der Waals surface area (Å²) in [7, 11) is 1.75. The van der Waals surface area contributed by atoms with E-state index in [9.17, 15) is 4.79 Å². The number of nitrogens with zero attached hydrogens (tertiary/aromatic N) is 3. The Hall–Kier alpha value is -2.94. The highest BCUT2D eigenvalue weighted by atomic mass is 32.1. The zero-order chi connectivity index (χ0) is 18.8. The molecule has 0 atom stereocenters. The van der Waals surface area contributed by atoms with Gasteiger partial charge in [0, 0.05) is 12.7 Å². The number of aromatic nitrogens is 4. The Morgan fingerprint density at radius 2 is 2.23 bits per heavy atom. The number of anilines is 1. The first-order chi connectivity index (χ1) is 12.4. The van der Waals surface area contributed by atoms with E-state index in [4.69, 9.17) is 22.7 Å². The number of ether oxygens (including phenoxy) is 1. The Balaban J connectivity index is 2.19. The van der Waals surface area contributed by atoms with E-state index >= 15 is 0 Å². The van der Waals surface area contributed by atoms with E-state index in [2.05, 4.69) is 20.4 Å². The molecule has 26 heavy (non-hydrogen) atoms. The minimum atomic E-state index is -0.246. The van der Waals surface area contributed by atoms with Crippen molar-refractivity contribution in [2.24, 2.45) is 12.8 Å². The van der Waals surface area contributed by atoms with E-state index in [0.29, 0.717) is 46.2 Å². The van der Waals surface area contributed by atoms with E-state index in [1.807, 2.05) is 6.92 Å². The summed E-state index contributed by atoms with van der Waals surface area (Å²) in [5, 5.41) is 7.78. The third-order valence-electron chi connectivity index (χ3n) is 3.83. The summed E-state index contributed by atoms with van der Waals surface area (Å²) < 4.78 is 7.40. The van der Waals surface area contributed by atoms with Crippen LogP contribution in [0, 0.1) is 6.92 Å². The molecular formula is C17H20N6O2S. The van der Waals surface area contributed by atoms with Crippen molar-refractivity contribution < 1.29 is 4.74 Å². The minimum Gasteiger partial charge on any atom is -0.493 e. The van der Waals surface area contributed by atoms with Crippen LogP contribution in [0.3, 0.4) is 0 Å². The average Bonchev–Trinajstić information content (AvgIpc) is 2.87. The first-order valence-electron chi connectivity index (χ1n) is 8.18. The fourth-order valence-corrected chi connectivity index (χ4v) is 2.86. The lowest BCUT2D eigenvalue weighted by Gasteiger charge is -2.13. The van der Waals surface area contributed by atoms with Crippen LogP contribution in [0.4, 0.5) is 5.69 Å². The van der Waals surface area contributed by atoms with Gasteiger partial charge < -0.3 is 20.8 Å². The summed E-state index contributed by atoms with van der Waals surface area (Å²) in [6.45, 7) is 4.35. The lowest BCUT2D eigenvalue weighted by Crippen LogP contribution is -2.19. The van der Waals surface area contributed by atoms with Crippen LogP contribution < -0.4 is 21.3 Å². The standard InChI is InChI=1S/C17H20N6O2S/c1-4-7-25-12-6-5-10(19-17(18)26)8-11(12)14-20-15-13(16(24)21-14)9(2)22-23(15)3/h5-6,8H,4,7H2,1-3H3,(H3,18,19,26)(H,20,21,24). The summed E-state index contributed by atoms with van der Waals surface area (Å²) in [5.74, 6) is 1.00. The molecule has 0 saturated carbocycles. The maximum atomic E-state index is 12.5. The van der Waals surface area contributed by atoms with Crippen LogP contribution >= 0.6 is 12.2 Å². The summed E-state index contributed by atoms with van der Waals surface area (Å²) >= 11 is 4.89. The number of nitrogens with one attached hydrogen (secondary N) is 2. The number of hydrogen-bond acceptors (Lipinski definition) is 5. The van der Waals surface area contributed by atoms with Crippen LogP contribution in [0.5, 0.6) is 5.75 Å². The second-order valence-electron chi connectivity index (χ2n) is 5.87. The first kappa shape index (κ1) is 17.9. The third kappa shape index (κ3) is 3.38. The molecule has 3 rings (SSSR count). The monoisotopic (exact) mass is 372 g/mol. The van der Waals surface area contributed by atoms with Crippen LogP contribution in [0.2, 0.25) is 0 Å². The summed E-state index contributed by atoms with van der Waals surface area (Å²) in [5.41, 5.74) is 7.77. The third-order valence-corrected chi connectivity index (χ3v) is 3.93. The predicted octanol–water partition coefficient (Wildman–Crippen LogP) is 2.08. The molecule has 0 bridgehead atoms. The van der Waals surface area contributed by atoms with Crippen molar-refractivity contribution in [1.29, 1.82) is 0 Å². The maximum Gasteiger partial charge on any atom is 0.262 e. The summed E-state index contributed by atoms with van der Waals surface area (Å²) in [4.78, 5) is 20.0. The molecule has 8 nitrogen and oxygen atoms in total. The first-order valence-corrected chi connectivity index (χ1v) is 8.58. The van der Waals surface area contributed by atoms with Gasteiger partial charge >= 0.3 is 0 Å². The second kappa shape index (κ2) is 7.12. The van der Waals surface area contributed by atoms with Gasteiger partial charge in [-0.3, -0.25) is 4.79 Å². The van der Waals surface area contributed by atoms with Crippen LogP contribution in [0.25, 0.3) is 22.4 Å². The van der Waals surface area contributed by atoms with Gasteiger partial charge in [-0.05, 0) is 43.8 Å². The normalized spacial score (nSPS) is 10.9. The Bertz CT molecular complexity index is 1040. The zero-order valence-electron chi connectivity index (χ0n) is 14.8. The molecule has 136 valence electrons. The largest absolute Gasteiger partial charge is 0.493 e. The SMILES string of the molecule is CCCOc1ccc(NC(N)=S)cc1-c1nc2c(c(C)nn2C)c(=O)[nH]1. The van der Waals surface area contributed by atoms with Crippen LogP contribution in [0.15, 0.2) is 23.0 Å². The quantitative estimate of drug-likeness (QED) is 0.588. The number of nitrogens with two attached hydrogens (primary N) is 1. The van der Waals surface area contributed by atoms with Gasteiger partial charge in [0.1, 0.15) is 17.0 Å². The number of aryl methyl sites for hydroxylation is 2. The molecule has 3 aromatic rings. The van der Waals surface area contributed by atoms with Crippen molar-refractivity contribution in [2.45, 2.75) is 20.3 Å². The van der Waals surface area contributed by atoms with Gasteiger partial charge in [0.2, 0.25) is 0 Å². The van der Waals surface area contributed by atoms with Crippen molar-refractivity contribution >= 4 is 34.1 Å². The molecule has 2 aromatic heterocycles. The number of aromatic amines is 1. The maximum absolute atomic E-state index is 12.5. The number of H-pyrrole nitrogens is 1. The molecule has 0 aliphatic heterocycles. The Morgan fingerprint density at radius 3 is 2.92 bits per heavy atom. The van der Waals surface area contributed by atoms with Gasteiger partial charge in [-0.1, -0.05) is 6.92 Å². The predicted molar refractivity (Wildman–Crippen MR) is 105 cm³/mol. The van der Waals surface area contributed by atoms with Crippen molar-refractivity contribution in [3.05, 3.63) is 34.2 Å². The van der Waals surface area contributed by atoms with Gasteiger partial charge in [0.25, 0.3) is 5.56 Å². The van der Waals surface area contributed by atoms with E-state index in [0.717, 1.165) is 6.42 Å². The average molecular weight is 372 g/mol. The molecule has 2 heterocycles. The minimum absolute atomic E-state index is 0.150. The molecule has 0 aliphatic rings. The smallest absolute Gasteiger partial charge is 0.262 e. The molecule has 0 amide bonds. The van der Waals surface area contributed by atoms with E-state index in [-0.39, 0.29) is 10.7 Å². The summed E-state index contributed by atoms with van der Waals surface area (Å²) in [6.07, 6.45) is 0.857. The Labute approximate surface area is 155 Å². The highest BCUT2D eigenvalue weighted by molar-refractivity contribution is 7.80. The van der Waals surface area contributed by atoms with Crippen molar-refractivity contribution in [1.82, 2.24) is 19.7 Å². The number of hydrogen-bond donors (Lipinski definition) is 3. The zero-order valence-corrected chi connectivity index (χ0v) is 15.6. The molecule has 0 radical (unpaired) electrons. The van der Waals surface area contributed by atoms with E-state index in [1.165, 1.54) is 0 Å². The Kier molecular flexibility index (Phi) is 4.90. The molecule has 4 N–H and O–H groups in total. The lowest BCUT2D eigenvalue weighted by atomic mass is 10.1. The Morgan fingerprint density at radius 1 is 1.46 bits per heavy atom. The van der Waals surface area contributed by atoms with Crippen molar-refractivity contribution in [3.63, 3.8) is 0 Å². The molecular weight excluding hydrogens is 352 g/mol. The molecule has 9 heteroatoms. The topological polar surface area (TPSA) is 111 Å². The summed E-state index contributed by atoms with van der Waals surface area (Å²) in [6, 6.07) is 5.39. The van der Waals surface area contributed by atoms with Gasteiger partial charge in [-0.2, -0.15) is 5.10 Å². The molecule has 0 spiro atoms. The van der Waals surface area contributed by atoms with Crippen LogP contribution in [0.1, 0.15) is 19.0 Å². The lowest BCUT2D eigenvalue weighted by molar-refractivity contribution is 0.318. The highest BCUT2D eigenvalue weighted by Gasteiger charge is 2.16. The van der Waals surface area contributed by atoms with Gasteiger partial charge in [-0.25, -0.2) is 9.67 Å². The highest BCUT2D eigenvalue weighted by Crippen LogP contribution is 2.31. The van der Waals surface area contributed by atoms with Gasteiger partial charge in [0.05, 0.1) is 17.9 Å². The van der Waals surface area contributed by atoms with E-state index < -0.39 is 0 Å². The van der Waals surface area contributed by atoms with E-state index in [1.54, 1.807) is 36.9 Å². The number of benzene rings is 1.